The Hall–Kier alpha value is -4.34. The smallest absolute Gasteiger partial charge is 0.412 e. The highest BCUT2D eigenvalue weighted by Gasteiger charge is 2.28. The molecule has 0 saturated carbocycles. The van der Waals surface area contributed by atoms with Crippen molar-refractivity contribution in [3.05, 3.63) is 96.6 Å². The number of nitrogens with one attached hydrogen (secondary N) is 2. The van der Waals surface area contributed by atoms with Crippen LogP contribution in [0, 0.1) is 0 Å². The highest BCUT2D eigenvalue weighted by atomic mass is 16.6. The van der Waals surface area contributed by atoms with Crippen LogP contribution in [0.25, 0.3) is 0 Å². The van der Waals surface area contributed by atoms with Crippen molar-refractivity contribution in [3.63, 3.8) is 0 Å². The molecule has 206 valence electrons. The highest BCUT2D eigenvalue weighted by molar-refractivity contribution is 6.01. The summed E-state index contributed by atoms with van der Waals surface area (Å²) in [7, 11) is 0. The molecule has 39 heavy (non-hydrogen) atoms. The van der Waals surface area contributed by atoms with Crippen molar-refractivity contribution in [2.75, 3.05) is 36.2 Å². The van der Waals surface area contributed by atoms with E-state index in [1.165, 1.54) is 6.08 Å². The van der Waals surface area contributed by atoms with Crippen LogP contribution >= 0.6 is 0 Å². The highest BCUT2D eigenvalue weighted by Crippen LogP contribution is 2.30. The Bertz CT molecular complexity index is 1220. The minimum absolute atomic E-state index is 0.123. The zero-order valence-electron chi connectivity index (χ0n) is 21.9. The second kappa shape index (κ2) is 15.8. The molecular weight excluding hydrogens is 498 g/mol. The van der Waals surface area contributed by atoms with Gasteiger partial charge < -0.3 is 30.4 Å². The maximum absolute atomic E-state index is 12.9. The first-order valence-corrected chi connectivity index (χ1v) is 12.8. The van der Waals surface area contributed by atoms with Crippen molar-refractivity contribution in [3.8, 4) is 5.75 Å². The van der Waals surface area contributed by atoms with Gasteiger partial charge in [-0.1, -0.05) is 48.5 Å². The van der Waals surface area contributed by atoms with E-state index < -0.39 is 18.3 Å². The van der Waals surface area contributed by atoms with Crippen molar-refractivity contribution in [1.82, 2.24) is 0 Å². The second-order valence-corrected chi connectivity index (χ2v) is 8.51. The number of hydrogen-bond acceptors (Lipinski definition) is 7. The molecule has 0 aliphatic carbocycles. The number of aliphatic hydroxyl groups is 1. The van der Waals surface area contributed by atoms with E-state index in [1.54, 1.807) is 60.7 Å². The number of nitrogens with two attached hydrogens (primary N) is 1. The van der Waals surface area contributed by atoms with Gasteiger partial charge in [-0.3, -0.25) is 10.1 Å². The Labute approximate surface area is 228 Å². The zero-order valence-corrected chi connectivity index (χ0v) is 21.9. The Morgan fingerprint density at radius 1 is 1.00 bits per heavy atom. The number of benzene rings is 3. The number of allylic oxidation sites excluding steroid dienone is 1. The molecule has 2 amide bonds. The number of amides is 2. The predicted molar refractivity (Wildman–Crippen MR) is 152 cm³/mol. The number of rotatable bonds is 14. The summed E-state index contributed by atoms with van der Waals surface area (Å²) in [5.41, 5.74) is 8.18. The lowest BCUT2D eigenvalue weighted by Gasteiger charge is -2.27. The summed E-state index contributed by atoms with van der Waals surface area (Å²) < 4.78 is 17.5. The van der Waals surface area contributed by atoms with E-state index in [2.05, 4.69) is 10.6 Å². The van der Waals surface area contributed by atoms with Gasteiger partial charge in [-0.25, -0.2) is 4.79 Å². The van der Waals surface area contributed by atoms with E-state index >= 15 is 0 Å². The van der Waals surface area contributed by atoms with Gasteiger partial charge in [-0.05, 0) is 67.8 Å². The number of hydrogen-bond donors (Lipinski definition) is 4. The lowest BCUT2D eigenvalue weighted by Crippen LogP contribution is -2.29. The molecule has 9 heteroatoms. The summed E-state index contributed by atoms with van der Waals surface area (Å²) in [4.78, 5) is 25.2. The van der Waals surface area contributed by atoms with Crippen molar-refractivity contribution in [1.29, 1.82) is 0 Å². The molecule has 0 aliphatic rings. The van der Waals surface area contributed by atoms with Crippen molar-refractivity contribution in [2.24, 2.45) is 0 Å². The fraction of sp³-hybridized carbons (Fsp3) is 0.267. The van der Waals surface area contributed by atoms with Crippen LogP contribution in [0.3, 0.4) is 0 Å². The number of para-hydroxylation sites is 3. The maximum atomic E-state index is 12.9. The normalized spacial score (nSPS) is 12.5. The van der Waals surface area contributed by atoms with Crippen molar-refractivity contribution >= 4 is 29.1 Å². The van der Waals surface area contributed by atoms with Crippen molar-refractivity contribution in [2.45, 2.75) is 32.0 Å². The number of ether oxygens (including phenoxy) is 3. The molecule has 0 spiro atoms. The minimum atomic E-state index is -0.766. The molecule has 0 aliphatic heterocycles. The topological polar surface area (TPSA) is 132 Å². The van der Waals surface area contributed by atoms with Crippen LogP contribution in [0.1, 0.15) is 31.4 Å². The van der Waals surface area contributed by atoms with E-state index in [4.69, 9.17) is 25.1 Å². The van der Waals surface area contributed by atoms with Gasteiger partial charge in [0.2, 0.25) is 5.91 Å². The standard InChI is InChI=1S/C30H35N3O6/c1-2-37-27(17-8-9-18-28(35)33-26-16-7-6-15-25(26)31)29(22-11-10-14-24(21-22)38-20-19-34)39-30(36)32-23-12-4-3-5-13-23/h3-7,9-16,18,21,27,29,34H,2,8,17,19-20,31H2,1H3,(H,32,36)(H,33,35)/b18-9+/t27-,29-/m0/s1. The fourth-order valence-corrected chi connectivity index (χ4v) is 3.86. The molecule has 0 unspecified atom stereocenters. The maximum Gasteiger partial charge on any atom is 0.412 e. The second-order valence-electron chi connectivity index (χ2n) is 8.51. The minimum Gasteiger partial charge on any atom is -0.491 e. The molecule has 5 N–H and O–H groups in total. The summed E-state index contributed by atoms with van der Waals surface area (Å²) in [6.45, 7) is 2.27. The van der Waals surface area contributed by atoms with Crippen LogP contribution in [-0.4, -0.2) is 43.0 Å². The van der Waals surface area contributed by atoms with E-state index in [0.29, 0.717) is 47.8 Å². The van der Waals surface area contributed by atoms with Crippen molar-refractivity contribution < 1.29 is 28.9 Å². The Balaban J connectivity index is 1.73. The monoisotopic (exact) mass is 533 g/mol. The zero-order chi connectivity index (χ0) is 27.9. The number of carbonyl (C=O) groups excluding carboxylic acids is 2. The molecule has 0 aromatic heterocycles. The van der Waals surface area contributed by atoms with Crippen LogP contribution in [0.15, 0.2) is 91.0 Å². The first kappa shape index (κ1) is 29.2. The molecule has 2 atom stereocenters. The number of nitrogen functional groups attached to an aromatic ring is 1. The van der Waals surface area contributed by atoms with Gasteiger partial charge in [-0.2, -0.15) is 0 Å². The molecule has 0 radical (unpaired) electrons. The third-order valence-corrected chi connectivity index (χ3v) is 5.62. The lowest BCUT2D eigenvalue weighted by molar-refractivity contribution is -0.111. The van der Waals surface area contributed by atoms with E-state index in [1.807, 2.05) is 31.2 Å². The molecule has 0 saturated heterocycles. The Morgan fingerprint density at radius 2 is 1.77 bits per heavy atom. The molecule has 3 aromatic carbocycles. The average molecular weight is 534 g/mol. The summed E-state index contributed by atoms with van der Waals surface area (Å²) in [5, 5.41) is 14.6. The van der Waals surface area contributed by atoms with Crippen LogP contribution in [0.5, 0.6) is 5.75 Å². The molecule has 3 aromatic rings. The molecular formula is C30H35N3O6. The first-order valence-electron chi connectivity index (χ1n) is 12.8. The number of carbonyl (C=O) groups is 2. The molecule has 3 rings (SSSR count). The summed E-state index contributed by atoms with van der Waals surface area (Å²) in [5.74, 6) is 0.232. The van der Waals surface area contributed by atoms with Crippen LogP contribution in [0.4, 0.5) is 21.9 Å². The summed E-state index contributed by atoms with van der Waals surface area (Å²) in [6.07, 6.45) is 2.23. The van der Waals surface area contributed by atoms with Gasteiger partial charge in [0.15, 0.2) is 6.10 Å². The molecule has 9 nitrogen and oxygen atoms in total. The van der Waals surface area contributed by atoms with Gasteiger partial charge in [0.1, 0.15) is 12.4 Å². The van der Waals surface area contributed by atoms with Gasteiger partial charge in [0, 0.05) is 12.3 Å². The van der Waals surface area contributed by atoms with Gasteiger partial charge >= 0.3 is 6.09 Å². The predicted octanol–water partition coefficient (Wildman–Crippen LogP) is 5.31. The SMILES string of the molecule is CCO[C@@H](CC/C=C/C(=O)Nc1ccccc1N)[C@@H](OC(=O)Nc1ccccc1)c1cccc(OCCO)c1. The molecule has 0 fully saturated rings. The van der Waals surface area contributed by atoms with Gasteiger partial charge in [-0.15, -0.1) is 0 Å². The van der Waals surface area contributed by atoms with E-state index in [9.17, 15) is 9.59 Å². The van der Waals surface area contributed by atoms with Crippen LogP contribution in [0.2, 0.25) is 0 Å². The van der Waals surface area contributed by atoms with Crippen LogP contribution < -0.4 is 21.1 Å². The van der Waals surface area contributed by atoms with E-state index in [0.717, 1.165) is 0 Å². The summed E-state index contributed by atoms with van der Waals surface area (Å²) >= 11 is 0. The van der Waals surface area contributed by atoms with Gasteiger partial charge in [0.25, 0.3) is 0 Å². The lowest BCUT2D eigenvalue weighted by atomic mass is 10.00. The number of anilines is 3. The third kappa shape index (κ3) is 9.81. The van der Waals surface area contributed by atoms with Gasteiger partial charge in [0.05, 0.1) is 24.1 Å². The number of aliphatic hydroxyl groups excluding tert-OH is 1. The third-order valence-electron chi connectivity index (χ3n) is 5.62. The van der Waals surface area contributed by atoms with Crippen LogP contribution in [-0.2, 0) is 14.3 Å². The quantitative estimate of drug-likeness (QED) is 0.163. The average Bonchev–Trinajstić information content (AvgIpc) is 2.94. The summed E-state index contributed by atoms with van der Waals surface area (Å²) in [6, 6.07) is 23.2. The molecule has 0 heterocycles. The fourth-order valence-electron chi connectivity index (χ4n) is 3.86. The Kier molecular flexibility index (Phi) is 11.8. The Morgan fingerprint density at radius 3 is 2.51 bits per heavy atom. The van der Waals surface area contributed by atoms with E-state index in [-0.39, 0.29) is 19.1 Å². The largest absolute Gasteiger partial charge is 0.491 e. The first-order chi connectivity index (χ1) is 19.0. The molecule has 0 bridgehead atoms.